The van der Waals surface area contributed by atoms with Gasteiger partial charge < -0.3 is 15.5 Å². The van der Waals surface area contributed by atoms with Crippen molar-refractivity contribution in [1.82, 2.24) is 15.5 Å². The topological polar surface area (TPSA) is 61.4 Å². The molecule has 2 amide bonds. The molecule has 0 spiro atoms. The molecule has 1 aromatic carbocycles. The van der Waals surface area contributed by atoms with E-state index >= 15 is 0 Å². The van der Waals surface area contributed by atoms with Gasteiger partial charge in [-0.3, -0.25) is 9.59 Å². The molecule has 2 heterocycles. The van der Waals surface area contributed by atoms with Crippen LogP contribution in [0.4, 0.5) is 0 Å². The summed E-state index contributed by atoms with van der Waals surface area (Å²) >= 11 is 7.50. The molecule has 2 aliphatic heterocycles. The van der Waals surface area contributed by atoms with E-state index in [4.69, 9.17) is 11.6 Å². The summed E-state index contributed by atoms with van der Waals surface area (Å²) in [5.41, 5.74) is 0.701. The maximum absolute atomic E-state index is 12.7. The maximum Gasteiger partial charge on any atom is 0.255 e. The van der Waals surface area contributed by atoms with Gasteiger partial charge in [0.15, 0.2) is 0 Å². The first-order valence-electron chi connectivity index (χ1n) is 8.61. The van der Waals surface area contributed by atoms with E-state index < -0.39 is 6.04 Å². The largest absolute Gasteiger partial charge is 0.354 e. The minimum Gasteiger partial charge on any atom is -0.354 e. The van der Waals surface area contributed by atoms with Crippen LogP contribution in [0.15, 0.2) is 24.3 Å². The van der Waals surface area contributed by atoms with Crippen molar-refractivity contribution >= 4 is 35.2 Å². The highest BCUT2D eigenvalue weighted by Crippen LogP contribution is 2.28. The number of halogens is 1. The summed E-state index contributed by atoms with van der Waals surface area (Å²) in [7, 11) is 0. The zero-order valence-electron chi connectivity index (χ0n) is 14.4. The second-order valence-corrected chi connectivity index (χ2v) is 8.51. The Labute approximate surface area is 157 Å². The SMILES string of the molecule is CC1(CNC(=O)C2CSCN2C(=O)c2ccc(Cl)cc2)CCNCC1. The third kappa shape index (κ3) is 4.49. The van der Waals surface area contributed by atoms with E-state index in [-0.39, 0.29) is 17.2 Å². The lowest BCUT2D eigenvalue weighted by molar-refractivity contribution is -0.125. The number of carbonyl (C=O) groups excluding carboxylic acids is 2. The molecule has 2 N–H and O–H groups in total. The van der Waals surface area contributed by atoms with Gasteiger partial charge >= 0.3 is 0 Å². The molecule has 1 unspecified atom stereocenters. The fourth-order valence-corrected chi connectivity index (χ4v) is 4.52. The molecule has 7 heteroatoms. The standard InChI is InChI=1S/C18H24ClN3O2S/c1-18(6-8-20-9-7-18)11-21-16(23)15-10-25-12-22(15)17(24)13-2-4-14(19)5-3-13/h2-5,15,20H,6-12H2,1H3,(H,21,23). The van der Waals surface area contributed by atoms with Gasteiger partial charge in [0.2, 0.25) is 5.91 Å². The molecule has 2 saturated heterocycles. The van der Waals surface area contributed by atoms with E-state index in [1.54, 1.807) is 40.9 Å². The second kappa shape index (κ2) is 7.98. The Morgan fingerprint density at radius 3 is 2.68 bits per heavy atom. The molecule has 0 aliphatic carbocycles. The van der Waals surface area contributed by atoms with Crippen molar-refractivity contribution in [3.63, 3.8) is 0 Å². The number of thioether (sulfide) groups is 1. The molecule has 1 aromatic rings. The molecule has 5 nitrogen and oxygen atoms in total. The number of nitrogens with zero attached hydrogens (tertiary/aromatic N) is 1. The van der Waals surface area contributed by atoms with E-state index in [1.807, 2.05) is 0 Å². The average Bonchev–Trinajstić information content (AvgIpc) is 3.10. The molecule has 25 heavy (non-hydrogen) atoms. The van der Waals surface area contributed by atoms with Crippen LogP contribution in [0.25, 0.3) is 0 Å². The summed E-state index contributed by atoms with van der Waals surface area (Å²) in [6.45, 7) is 4.87. The van der Waals surface area contributed by atoms with Crippen molar-refractivity contribution in [1.29, 1.82) is 0 Å². The number of hydrogen-bond acceptors (Lipinski definition) is 4. The Hall–Kier alpha value is -1.24. The third-order valence-corrected chi connectivity index (χ3v) is 6.30. The summed E-state index contributed by atoms with van der Waals surface area (Å²) in [6, 6.07) is 6.41. The molecule has 136 valence electrons. The van der Waals surface area contributed by atoms with Crippen molar-refractivity contribution in [2.75, 3.05) is 31.3 Å². The predicted octanol–water partition coefficient (Wildman–Crippen LogP) is 2.36. The van der Waals surface area contributed by atoms with Gasteiger partial charge in [-0.25, -0.2) is 0 Å². The number of benzene rings is 1. The van der Waals surface area contributed by atoms with E-state index in [0.29, 0.717) is 28.8 Å². The van der Waals surface area contributed by atoms with Gasteiger partial charge in [-0.1, -0.05) is 18.5 Å². The molecule has 3 rings (SSSR count). The van der Waals surface area contributed by atoms with Gasteiger partial charge in [0.1, 0.15) is 6.04 Å². The lowest BCUT2D eigenvalue weighted by Crippen LogP contribution is -2.50. The molecular weight excluding hydrogens is 358 g/mol. The zero-order valence-corrected chi connectivity index (χ0v) is 16.0. The normalized spacial score (nSPS) is 22.6. The van der Waals surface area contributed by atoms with Crippen LogP contribution in [0, 0.1) is 5.41 Å². The van der Waals surface area contributed by atoms with Gasteiger partial charge in [-0.05, 0) is 55.6 Å². The monoisotopic (exact) mass is 381 g/mol. The van der Waals surface area contributed by atoms with Crippen molar-refractivity contribution in [3.8, 4) is 0 Å². The van der Waals surface area contributed by atoms with Gasteiger partial charge in [-0.15, -0.1) is 11.8 Å². The van der Waals surface area contributed by atoms with E-state index in [0.717, 1.165) is 25.9 Å². The third-order valence-electron chi connectivity index (χ3n) is 5.04. The highest BCUT2D eigenvalue weighted by molar-refractivity contribution is 7.99. The van der Waals surface area contributed by atoms with Crippen LogP contribution in [0.5, 0.6) is 0 Å². The average molecular weight is 382 g/mol. The fourth-order valence-electron chi connectivity index (χ4n) is 3.24. The van der Waals surface area contributed by atoms with Crippen molar-refractivity contribution in [3.05, 3.63) is 34.9 Å². The Morgan fingerprint density at radius 2 is 2.00 bits per heavy atom. The van der Waals surface area contributed by atoms with Crippen LogP contribution < -0.4 is 10.6 Å². The quantitative estimate of drug-likeness (QED) is 0.840. The molecule has 0 saturated carbocycles. The summed E-state index contributed by atoms with van der Waals surface area (Å²) in [4.78, 5) is 27.1. The Bertz CT molecular complexity index is 632. The number of rotatable bonds is 4. The number of hydrogen-bond donors (Lipinski definition) is 2. The fraction of sp³-hybridized carbons (Fsp3) is 0.556. The Kier molecular flexibility index (Phi) is 5.92. The predicted molar refractivity (Wildman–Crippen MR) is 102 cm³/mol. The summed E-state index contributed by atoms with van der Waals surface area (Å²) in [5, 5.41) is 7.03. The number of nitrogens with one attached hydrogen (secondary N) is 2. The van der Waals surface area contributed by atoms with E-state index in [1.165, 1.54) is 0 Å². The van der Waals surface area contributed by atoms with Crippen LogP contribution in [0.2, 0.25) is 5.02 Å². The van der Waals surface area contributed by atoms with Crippen LogP contribution in [-0.4, -0.2) is 54.0 Å². The van der Waals surface area contributed by atoms with E-state index in [2.05, 4.69) is 17.6 Å². The molecule has 0 radical (unpaired) electrons. The lowest BCUT2D eigenvalue weighted by atomic mass is 9.81. The van der Waals surface area contributed by atoms with Gasteiger partial charge in [-0.2, -0.15) is 0 Å². The lowest BCUT2D eigenvalue weighted by Gasteiger charge is -2.34. The highest BCUT2D eigenvalue weighted by Gasteiger charge is 2.36. The maximum atomic E-state index is 12.7. The van der Waals surface area contributed by atoms with Crippen LogP contribution >= 0.6 is 23.4 Å². The molecule has 1 atom stereocenters. The summed E-state index contributed by atoms with van der Waals surface area (Å²) < 4.78 is 0. The van der Waals surface area contributed by atoms with Crippen molar-refractivity contribution in [2.45, 2.75) is 25.8 Å². The number of amides is 2. The van der Waals surface area contributed by atoms with Crippen molar-refractivity contribution < 1.29 is 9.59 Å². The van der Waals surface area contributed by atoms with Gasteiger partial charge in [0, 0.05) is 22.9 Å². The van der Waals surface area contributed by atoms with Gasteiger partial charge in [0.25, 0.3) is 5.91 Å². The molecular formula is C18H24ClN3O2S. The first-order valence-corrected chi connectivity index (χ1v) is 10.1. The Balaban J connectivity index is 1.61. The van der Waals surface area contributed by atoms with Crippen LogP contribution in [-0.2, 0) is 4.79 Å². The minimum atomic E-state index is -0.404. The second-order valence-electron chi connectivity index (χ2n) is 7.08. The van der Waals surface area contributed by atoms with E-state index in [9.17, 15) is 9.59 Å². The summed E-state index contributed by atoms with van der Waals surface area (Å²) in [5.74, 6) is 1.02. The Morgan fingerprint density at radius 1 is 1.32 bits per heavy atom. The number of carbonyl (C=O) groups is 2. The first-order chi connectivity index (χ1) is 12.0. The smallest absolute Gasteiger partial charge is 0.255 e. The molecule has 0 bridgehead atoms. The molecule has 2 fully saturated rings. The minimum absolute atomic E-state index is 0.0490. The molecule has 2 aliphatic rings. The summed E-state index contributed by atoms with van der Waals surface area (Å²) in [6.07, 6.45) is 2.11. The first kappa shape index (κ1) is 18.5. The van der Waals surface area contributed by atoms with Crippen LogP contribution in [0.1, 0.15) is 30.1 Å². The molecule has 0 aromatic heterocycles. The van der Waals surface area contributed by atoms with Crippen LogP contribution in [0.3, 0.4) is 0 Å². The van der Waals surface area contributed by atoms with Gasteiger partial charge in [0.05, 0.1) is 5.88 Å². The zero-order chi connectivity index (χ0) is 17.9. The highest BCUT2D eigenvalue weighted by atomic mass is 35.5. The number of piperidine rings is 1. The van der Waals surface area contributed by atoms with Crippen molar-refractivity contribution in [2.24, 2.45) is 5.41 Å².